The van der Waals surface area contributed by atoms with Crippen molar-refractivity contribution < 1.29 is 4.79 Å². The molecular formula is C14H21N3O. The molecule has 4 heteroatoms. The SMILES string of the molecule is CNCC1CCN(C(=O)Cc2cccnc2)CC1. The fourth-order valence-corrected chi connectivity index (χ4v) is 2.46. The van der Waals surface area contributed by atoms with Gasteiger partial charge in [0.25, 0.3) is 0 Å². The Bertz CT molecular complexity index is 372. The molecule has 1 aromatic heterocycles. The van der Waals surface area contributed by atoms with Gasteiger partial charge in [0.1, 0.15) is 0 Å². The highest BCUT2D eigenvalue weighted by Gasteiger charge is 2.22. The molecule has 2 heterocycles. The number of amides is 1. The number of piperidine rings is 1. The molecule has 1 aliphatic heterocycles. The van der Waals surface area contributed by atoms with Gasteiger partial charge in [0, 0.05) is 25.5 Å². The quantitative estimate of drug-likeness (QED) is 0.866. The number of rotatable bonds is 4. The van der Waals surface area contributed by atoms with Crippen molar-refractivity contribution >= 4 is 5.91 Å². The van der Waals surface area contributed by atoms with E-state index < -0.39 is 0 Å². The lowest BCUT2D eigenvalue weighted by atomic mass is 9.96. The molecule has 1 N–H and O–H groups in total. The molecule has 1 saturated heterocycles. The molecule has 1 amide bonds. The third kappa shape index (κ3) is 3.53. The van der Waals surface area contributed by atoms with Crippen molar-refractivity contribution in [2.75, 3.05) is 26.7 Å². The molecule has 1 fully saturated rings. The minimum absolute atomic E-state index is 0.228. The number of carbonyl (C=O) groups is 1. The third-order valence-electron chi connectivity index (χ3n) is 3.54. The molecule has 0 aromatic carbocycles. The molecule has 0 atom stereocenters. The fourth-order valence-electron chi connectivity index (χ4n) is 2.46. The van der Waals surface area contributed by atoms with Crippen molar-refractivity contribution in [1.29, 1.82) is 0 Å². The van der Waals surface area contributed by atoms with Gasteiger partial charge < -0.3 is 10.2 Å². The number of pyridine rings is 1. The molecule has 0 saturated carbocycles. The van der Waals surface area contributed by atoms with E-state index >= 15 is 0 Å². The van der Waals surface area contributed by atoms with Crippen LogP contribution < -0.4 is 5.32 Å². The van der Waals surface area contributed by atoms with Gasteiger partial charge in [0.05, 0.1) is 6.42 Å². The minimum atomic E-state index is 0.228. The first kappa shape index (κ1) is 13.0. The molecule has 98 valence electrons. The van der Waals surface area contributed by atoms with Gasteiger partial charge in [-0.15, -0.1) is 0 Å². The Kier molecular flexibility index (Phi) is 4.70. The van der Waals surface area contributed by atoms with Crippen LogP contribution >= 0.6 is 0 Å². The van der Waals surface area contributed by atoms with E-state index in [2.05, 4.69) is 10.3 Å². The van der Waals surface area contributed by atoms with E-state index in [1.165, 1.54) is 0 Å². The first-order chi connectivity index (χ1) is 8.79. The first-order valence-corrected chi connectivity index (χ1v) is 6.61. The summed E-state index contributed by atoms with van der Waals surface area (Å²) in [4.78, 5) is 18.1. The second-order valence-electron chi connectivity index (χ2n) is 4.92. The number of nitrogens with zero attached hydrogens (tertiary/aromatic N) is 2. The van der Waals surface area contributed by atoms with Crippen LogP contribution in [0.15, 0.2) is 24.5 Å². The molecular weight excluding hydrogens is 226 g/mol. The number of nitrogens with one attached hydrogen (secondary N) is 1. The first-order valence-electron chi connectivity index (χ1n) is 6.61. The third-order valence-corrected chi connectivity index (χ3v) is 3.54. The molecule has 0 spiro atoms. The van der Waals surface area contributed by atoms with Crippen LogP contribution in [0.2, 0.25) is 0 Å². The van der Waals surface area contributed by atoms with Gasteiger partial charge >= 0.3 is 0 Å². The summed E-state index contributed by atoms with van der Waals surface area (Å²) in [5.41, 5.74) is 1.000. The van der Waals surface area contributed by atoms with Gasteiger partial charge in [-0.1, -0.05) is 6.07 Å². The van der Waals surface area contributed by atoms with Crippen LogP contribution in [0.1, 0.15) is 18.4 Å². The molecule has 0 unspecified atom stereocenters. The Morgan fingerprint density at radius 3 is 2.89 bits per heavy atom. The van der Waals surface area contributed by atoms with Crippen LogP contribution in [-0.4, -0.2) is 42.5 Å². The lowest BCUT2D eigenvalue weighted by Gasteiger charge is -2.32. The summed E-state index contributed by atoms with van der Waals surface area (Å²) >= 11 is 0. The minimum Gasteiger partial charge on any atom is -0.342 e. The number of hydrogen-bond acceptors (Lipinski definition) is 3. The van der Waals surface area contributed by atoms with E-state index in [-0.39, 0.29) is 5.91 Å². The summed E-state index contributed by atoms with van der Waals surface area (Å²) < 4.78 is 0. The van der Waals surface area contributed by atoms with Gasteiger partial charge in [-0.05, 0) is 44.0 Å². The van der Waals surface area contributed by atoms with Crippen LogP contribution in [0.4, 0.5) is 0 Å². The van der Waals surface area contributed by atoms with Gasteiger partial charge in [-0.2, -0.15) is 0 Å². The van der Waals surface area contributed by atoms with Crippen molar-refractivity contribution in [2.24, 2.45) is 5.92 Å². The molecule has 2 rings (SSSR count). The zero-order valence-electron chi connectivity index (χ0n) is 10.9. The van der Waals surface area contributed by atoms with E-state index in [1.807, 2.05) is 24.1 Å². The van der Waals surface area contributed by atoms with Crippen molar-refractivity contribution in [3.8, 4) is 0 Å². The van der Waals surface area contributed by atoms with E-state index in [0.717, 1.165) is 44.0 Å². The Hall–Kier alpha value is -1.42. The summed E-state index contributed by atoms with van der Waals surface area (Å²) in [5, 5.41) is 3.21. The van der Waals surface area contributed by atoms with Gasteiger partial charge in [0.2, 0.25) is 5.91 Å². The Balaban J connectivity index is 1.81. The summed E-state index contributed by atoms with van der Waals surface area (Å²) in [6.45, 7) is 2.85. The van der Waals surface area contributed by atoms with E-state index in [9.17, 15) is 4.79 Å². The average molecular weight is 247 g/mol. The number of hydrogen-bond donors (Lipinski definition) is 1. The maximum atomic E-state index is 12.1. The average Bonchev–Trinajstić information content (AvgIpc) is 2.41. The lowest BCUT2D eigenvalue weighted by molar-refractivity contribution is -0.131. The van der Waals surface area contributed by atoms with Crippen molar-refractivity contribution in [1.82, 2.24) is 15.2 Å². The van der Waals surface area contributed by atoms with Crippen LogP contribution in [0.25, 0.3) is 0 Å². The Morgan fingerprint density at radius 2 is 2.28 bits per heavy atom. The standard InChI is InChI=1S/C14H21N3O/c1-15-10-12-4-7-17(8-5-12)14(18)9-13-3-2-6-16-11-13/h2-3,6,11-12,15H,4-5,7-10H2,1H3. The van der Waals surface area contributed by atoms with Crippen LogP contribution in [0.5, 0.6) is 0 Å². The molecule has 1 aromatic rings. The lowest BCUT2D eigenvalue weighted by Crippen LogP contribution is -2.41. The van der Waals surface area contributed by atoms with E-state index in [0.29, 0.717) is 6.42 Å². The van der Waals surface area contributed by atoms with Gasteiger partial charge in [-0.3, -0.25) is 9.78 Å². The highest BCUT2D eigenvalue weighted by molar-refractivity contribution is 5.78. The molecule has 0 radical (unpaired) electrons. The van der Waals surface area contributed by atoms with E-state index in [1.54, 1.807) is 12.4 Å². The highest BCUT2D eigenvalue weighted by atomic mass is 16.2. The molecule has 18 heavy (non-hydrogen) atoms. The largest absolute Gasteiger partial charge is 0.342 e. The monoisotopic (exact) mass is 247 g/mol. The van der Waals surface area contributed by atoms with Crippen LogP contribution in [0.3, 0.4) is 0 Å². The zero-order valence-corrected chi connectivity index (χ0v) is 10.9. The molecule has 0 bridgehead atoms. The maximum absolute atomic E-state index is 12.1. The highest BCUT2D eigenvalue weighted by Crippen LogP contribution is 2.17. The Labute approximate surface area is 108 Å². The van der Waals surface area contributed by atoms with E-state index in [4.69, 9.17) is 0 Å². The Morgan fingerprint density at radius 1 is 1.50 bits per heavy atom. The van der Waals surface area contributed by atoms with Gasteiger partial charge in [0.15, 0.2) is 0 Å². The summed E-state index contributed by atoms with van der Waals surface area (Å²) in [6, 6.07) is 3.83. The number of carbonyl (C=O) groups excluding carboxylic acids is 1. The predicted molar refractivity (Wildman–Crippen MR) is 71.2 cm³/mol. The summed E-state index contributed by atoms with van der Waals surface area (Å²) in [5.74, 6) is 0.948. The summed E-state index contributed by atoms with van der Waals surface area (Å²) in [7, 11) is 1.99. The van der Waals surface area contributed by atoms with Crippen molar-refractivity contribution in [3.63, 3.8) is 0 Å². The topological polar surface area (TPSA) is 45.2 Å². The summed E-state index contributed by atoms with van der Waals surface area (Å²) in [6.07, 6.45) is 6.20. The molecule has 0 aliphatic carbocycles. The van der Waals surface area contributed by atoms with Gasteiger partial charge in [-0.25, -0.2) is 0 Å². The number of aromatic nitrogens is 1. The maximum Gasteiger partial charge on any atom is 0.227 e. The molecule has 4 nitrogen and oxygen atoms in total. The van der Waals surface area contributed by atoms with Crippen LogP contribution in [0, 0.1) is 5.92 Å². The predicted octanol–water partition coefficient (Wildman–Crippen LogP) is 1.08. The smallest absolute Gasteiger partial charge is 0.227 e. The second-order valence-corrected chi connectivity index (χ2v) is 4.92. The zero-order chi connectivity index (χ0) is 12.8. The van der Waals surface area contributed by atoms with Crippen molar-refractivity contribution in [3.05, 3.63) is 30.1 Å². The second kappa shape index (κ2) is 6.50. The normalized spacial score (nSPS) is 16.8. The molecule has 1 aliphatic rings. The van der Waals surface area contributed by atoms with Crippen molar-refractivity contribution in [2.45, 2.75) is 19.3 Å². The number of likely N-dealkylation sites (tertiary alicyclic amines) is 1. The fraction of sp³-hybridized carbons (Fsp3) is 0.571. The van der Waals surface area contributed by atoms with Crippen LogP contribution in [-0.2, 0) is 11.2 Å².